The molecule has 1 aliphatic heterocycles. The summed E-state index contributed by atoms with van der Waals surface area (Å²) in [6, 6.07) is 8.80. The van der Waals surface area contributed by atoms with Crippen LogP contribution in [0.15, 0.2) is 29.8 Å². The molecule has 0 radical (unpaired) electrons. The topological polar surface area (TPSA) is 91.2 Å². The van der Waals surface area contributed by atoms with Crippen molar-refractivity contribution >= 4 is 23.6 Å². The second kappa shape index (κ2) is 8.11. The number of carbonyl (C=O) groups is 2. The molecule has 0 bridgehead atoms. The van der Waals surface area contributed by atoms with Gasteiger partial charge in [0, 0.05) is 25.8 Å². The van der Waals surface area contributed by atoms with Gasteiger partial charge in [0.1, 0.15) is 11.6 Å². The first-order valence-corrected chi connectivity index (χ1v) is 7.47. The Morgan fingerprint density at radius 2 is 2.13 bits per heavy atom. The Balaban J connectivity index is 1.98. The number of nitriles is 1. The fourth-order valence-electron chi connectivity index (χ4n) is 2.29. The fourth-order valence-corrected chi connectivity index (χ4v) is 2.29. The van der Waals surface area contributed by atoms with Crippen molar-refractivity contribution in [1.82, 2.24) is 5.32 Å². The third kappa shape index (κ3) is 5.24. The van der Waals surface area contributed by atoms with Gasteiger partial charge in [-0.05, 0) is 36.6 Å². The summed E-state index contributed by atoms with van der Waals surface area (Å²) >= 11 is 0. The maximum Gasteiger partial charge on any atom is 0.262 e. The number of amides is 2. The van der Waals surface area contributed by atoms with Gasteiger partial charge >= 0.3 is 0 Å². The first-order chi connectivity index (χ1) is 11.1. The number of anilines is 1. The van der Waals surface area contributed by atoms with Gasteiger partial charge in [-0.15, -0.1) is 0 Å². The lowest BCUT2D eigenvalue weighted by Gasteiger charge is -2.10. The minimum Gasteiger partial charge on any atom is -0.376 e. The van der Waals surface area contributed by atoms with E-state index in [1.807, 2.05) is 6.07 Å². The molecule has 0 aliphatic carbocycles. The monoisotopic (exact) mass is 313 g/mol. The number of nitrogens with zero attached hydrogens (tertiary/aromatic N) is 1. The molecular weight excluding hydrogens is 294 g/mol. The molecular formula is C17H19N3O3. The maximum absolute atomic E-state index is 12.0. The van der Waals surface area contributed by atoms with Crippen LogP contribution in [0.3, 0.4) is 0 Å². The highest BCUT2D eigenvalue weighted by Gasteiger charge is 2.17. The van der Waals surface area contributed by atoms with Crippen molar-refractivity contribution in [3.8, 4) is 6.07 Å². The number of hydrogen-bond acceptors (Lipinski definition) is 4. The van der Waals surface area contributed by atoms with E-state index in [-0.39, 0.29) is 17.6 Å². The van der Waals surface area contributed by atoms with E-state index in [2.05, 4.69) is 10.6 Å². The van der Waals surface area contributed by atoms with Gasteiger partial charge in [-0.3, -0.25) is 9.59 Å². The van der Waals surface area contributed by atoms with Gasteiger partial charge in [0.2, 0.25) is 5.91 Å². The highest BCUT2D eigenvalue weighted by Crippen LogP contribution is 2.13. The Hall–Kier alpha value is -2.65. The molecule has 6 nitrogen and oxygen atoms in total. The fraction of sp³-hybridized carbons (Fsp3) is 0.353. The number of hydrogen-bond donors (Lipinski definition) is 2. The van der Waals surface area contributed by atoms with E-state index in [1.54, 1.807) is 24.3 Å². The molecule has 2 N–H and O–H groups in total. The summed E-state index contributed by atoms with van der Waals surface area (Å²) in [6.45, 7) is 2.57. The Labute approximate surface area is 135 Å². The molecule has 23 heavy (non-hydrogen) atoms. The summed E-state index contributed by atoms with van der Waals surface area (Å²) in [7, 11) is 0. The van der Waals surface area contributed by atoms with Gasteiger partial charge in [0.25, 0.3) is 5.91 Å². The van der Waals surface area contributed by atoms with Gasteiger partial charge in [0.15, 0.2) is 0 Å². The Morgan fingerprint density at radius 3 is 2.70 bits per heavy atom. The van der Waals surface area contributed by atoms with Crippen LogP contribution >= 0.6 is 0 Å². The summed E-state index contributed by atoms with van der Waals surface area (Å²) in [5.41, 5.74) is 1.41. The van der Waals surface area contributed by atoms with Crippen LogP contribution in [-0.2, 0) is 14.3 Å². The molecule has 0 saturated carbocycles. The first-order valence-electron chi connectivity index (χ1n) is 7.47. The number of nitrogens with one attached hydrogen (secondary N) is 2. The average Bonchev–Trinajstić information content (AvgIpc) is 3.04. The summed E-state index contributed by atoms with van der Waals surface area (Å²) < 4.78 is 5.43. The molecule has 120 valence electrons. The highest BCUT2D eigenvalue weighted by molar-refractivity contribution is 6.01. The van der Waals surface area contributed by atoms with Crippen LogP contribution in [0.2, 0.25) is 0 Å². The summed E-state index contributed by atoms with van der Waals surface area (Å²) in [5, 5.41) is 14.5. The van der Waals surface area contributed by atoms with Crippen LogP contribution in [0.4, 0.5) is 5.69 Å². The van der Waals surface area contributed by atoms with Gasteiger partial charge in [-0.25, -0.2) is 0 Å². The molecule has 1 fully saturated rings. The number of carbonyl (C=O) groups excluding carboxylic acids is 2. The van der Waals surface area contributed by atoms with Crippen LogP contribution in [0.1, 0.15) is 25.3 Å². The highest BCUT2D eigenvalue weighted by atomic mass is 16.5. The molecule has 6 heteroatoms. The molecule has 0 spiro atoms. The van der Waals surface area contributed by atoms with Gasteiger partial charge in [-0.2, -0.15) is 5.26 Å². The van der Waals surface area contributed by atoms with E-state index in [1.165, 1.54) is 13.0 Å². The van der Waals surface area contributed by atoms with Crippen LogP contribution in [-0.4, -0.2) is 31.1 Å². The standard InChI is InChI=1S/C17H19N3O3/c1-12(21)20-15-6-4-13(5-7-15)9-14(10-18)17(22)19-11-16-3-2-8-23-16/h4-7,9,16H,2-3,8,11H2,1H3,(H,19,22)(H,20,21). The molecule has 1 aromatic carbocycles. The third-order valence-corrected chi connectivity index (χ3v) is 3.42. The van der Waals surface area contributed by atoms with E-state index >= 15 is 0 Å². The molecule has 1 aliphatic rings. The minimum absolute atomic E-state index is 0.0373. The Kier molecular flexibility index (Phi) is 5.89. The summed E-state index contributed by atoms with van der Waals surface area (Å²) in [4.78, 5) is 23.0. The van der Waals surface area contributed by atoms with Crippen molar-refractivity contribution in [1.29, 1.82) is 5.26 Å². The smallest absolute Gasteiger partial charge is 0.262 e. The van der Waals surface area contributed by atoms with Crippen molar-refractivity contribution < 1.29 is 14.3 Å². The molecule has 1 aromatic rings. The van der Waals surface area contributed by atoms with E-state index < -0.39 is 5.91 Å². The first kappa shape index (κ1) is 16.7. The largest absolute Gasteiger partial charge is 0.376 e. The molecule has 2 amide bonds. The lowest BCUT2D eigenvalue weighted by Crippen LogP contribution is -2.32. The van der Waals surface area contributed by atoms with Crippen molar-refractivity contribution in [2.75, 3.05) is 18.5 Å². The molecule has 1 saturated heterocycles. The second-order valence-electron chi connectivity index (χ2n) is 5.32. The normalized spacial score (nSPS) is 17.4. The zero-order chi connectivity index (χ0) is 16.7. The number of benzene rings is 1. The van der Waals surface area contributed by atoms with E-state index in [4.69, 9.17) is 10.00 Å². The Bertz CT molecular complexity index is 638. The van der Waals surface area contributed by atoms with Gasteiger partial charge < -0.3 is 15.4 Å². The minimum atomic E-state index is -0.408. The zero-order valence-electron chi connectivity index (χ0n) is 13.0. The predicted molar refractivity (Wildman–Crippen MR) is 86.3 cm³/mol. The van der Waals surface area contributed by atoms with E-state index in [0.717, 1.165) is 19.4 Å². The number of rotatable bonds is 5. The third-order valence-electron chi connectivity index (χ3n) is 3.42. The second-order valence-corrected chi connectivity index (χ2v) is 5.32. The van der Waals surface area contributed by atoms with Crippen LogP contribution < -0.4 is 10.6 Å². The summed E-state index contributed by atoms with van der Waals surface area (Å²) in [6.07, 6.45) is 3.48. The van der Waals surface area contributed by atoms with Crippen LogP contribution in [0.25, 0.3) is 6.08 Å². The van der Waals surface area contributed by atoms with E-state index in [9.17, 15) is 9.59 Å². The van der Waals surface area contributed by atoms with Crippen molar-refractivity contribution in [2.24, 2.45) is 0 Å². The van der Waals surface area contributed by atoms with Gasteiger partial charge in [0.05, 0.1) is 6.10 Å². The van der Waals surface area contributed by atoms with Crippen molar-refractivity contribution in [2.45, 2.75) is 25.9 Å². The maximum atomic E-state index is 12.0. The molecule has 1 atom stereocenters. The lowest BCUT2D eigenvalue weighted by atomic mass is 10.1. The Morgan fingerprint density at radius 1 is 1.39 bits per heavy atom. The quantitative estimate of drug-likeness (QED) is 0.641. The SMILES string of the molecule is CC(=O)Nc1ccc(C=C(C#N)C(=O)NCC2CCCO2)cc1. The van der Waals surface area contributed by atoms with Crippen molar-refractivity contribution in [3.63, 3.8) is 0 Å². The molecule has 1 unspecified atom stereocenters. The van der Waals surface area contributed by atoms with Crippen LogP contribution in [0, 0.1) is 11.3 Å². The lowest BCUT2D eigenvalue weighted by molar-refractivity contribution is -0.117. The average molecular weight is 313 g/mol. The number of ether oxygens (including phenoxy) is 1. The van der Waals surface area contributed by atoms with Crippen LogP contribution in [0.5, 0.6) is 0 Å². The van der Waals surface area contributed by atoms with E-state index in [0.29, 0.717) is 17.8 Å². The molecule has 2 rings (SSSR count). The van der Waals surface area contributed by atoms with Gasteiger partial charge in [-0.1, -0.05) is 12.1 Å². The predicted octanol–water partition coefficient (Wildman–Crippen LogP) is 1.85. The summed E-state index contributed by atoms with van der Waals surface area (Å²) in [5.74, 6) is -0.562. The molecule has 0 aromatic heterocycles. The zero-order valence-corrected chi connectivity index (χ0v) is 13.0. The molecule has 1 heterocycles. The van der Waals surface area contributed by atoms with Crippen molar-refractivity contribution in [3.05, 3.63) is 35.4 Å².